The first-order valence-corrected chi connectivity index (χ1v) is 8.92. The molecule has 1 aromatic heterocycles. The summed E-state index contributed by atoms with van der Waals surface area (Å²) in [6.45, 7) is 6.27. The number of fused-ring (bicyclic) bond motifs is 1. The first-order valence-electron chi connectivity index (χ1n) is 8.92. The molecule has 0 aliphatic heterocycles. The molecule has 0 radical (unpaired) electrons. The van der Waals surface area contributed by atoms with E-state index in [9.17, 15) is 4.79 Å². The number of Topliss-reactive ketones (excluding diaryl/α,β-unsaturated/α-hetero) is 1. The molecule has 4 rings (SSSR count). The van der Waals surface area contributed by atoms with Gasteiger partial charge in [0.25, 0.3) is 0 Å². The fraction of sp³-hybridized carbons (Fsp3) is 0.500. The molecule has 0 saturated heterocycles. The summed E-state index contributed by atoms with van der Waals surface area (Å²) in [5.74, 6) is 0.230. The number of carbonyl (C=O) groups is 1. The topological polar surface area (TPSA) is 46.9 Å². The van der Waals surface area contributed by atoms with Crippen LogP contribution in [0.4, 0.5) is 5.69 Å². The van der Waals surface area contributed by atoms with Crippen LogP contribution in [0.2, 0.25) is 0 Å². The standard InChI is InChI=1S/C20H25N3O/c1-13-19-17(11-20(2,3)12-18(19)24)23(22-13)16-9-5-8-15(10-16)21-14-6-4-7-14/h5,8-10,14,21H,4,6-7,11-12H2,1-3H3. The van der Waals surface area contributed by atoms with Gasteiger partial charge in [0.2, 0.25) is 0 Å². The number of carbonyl (C=O) groups excluding carboxylic acids is 1. The van der Waals surface area contributed by atoms with E-state index in [0.717, 1.165) is 34.7 Å². The van der Waals surface area contributed by atoms with Gasteiger partial charge in [-0.2, -0.15) is 5.10 Å². The maximum Gasteiger partial charge on any atom is 0.167 e. The Hall–Kier alpha value is -2.10. The molecule has 1 heterocycles. The van der Waals surface area contributed by atoms with Crippen molar-refractivity contribution >= 4 is 11.5 Å². The molecule has 0 bridgehead atoms. The predicted octanol–water partition coefficient (Wildman–Crippen LogP) is 4.30. The molecule has 1 fully saturated rings. The lowest BCUT2D eigenvalue weighted by atomic mass is 9.75. The van der Waals surface area contributed by atoms with E-state index < -0.39 is 0 Å². The van der Waals surface area contributed by atoms with Crippen LogP contribution in [0.3, 0.4) is 0 Å². The third kappa shape index (κ3) is 2.64. The summed E-state index contributed by atoms with van der Waals surface area (Å²) in [6, 6.07) is 9.01. The first kappa shape index (κ1) is 15.4. The van der Waals surface area contributed by atoms with Crippen LogP contribution >= 0.6 is 0 Å². The summed E-state index contributed by atoms with van der Waals surface area (Å²) in [6.07, 6.45) is 5.32. The van der Waals surface area contributed by atoms with E-state index in [2.05, 4.69) is 43.4 Å². The van der Waals surface area contributed by atoms with E-state index in [0.29, 0.717) is 12.5 Å². The lowest BCUT2D eigenvalue weighted by Gasteiger charge is -2.29. The molecule has 4 heteroatoms. The normalized spacial score (nSPS) is 19.7. The molecule has 1 saturated carbocycles. The maximum absolute atomic E-state index is 12.6. The zero-order valence-corrected chi connectivity index (χ0v) is 14.7. The maximum atomic E-state index is 12.6. The summed E-state index contributed by atoms with van der Waals surface area (Å²) >= 11 is 0. The average molecular weight is 323 g/mol. The summed E-state index contributed by atoms with van der Waals surface area (Å²) in [5.41, 5.74) is 4.93. The average Bonchev–Trinajstić information content (AvgIpc) is 2.79. The van der Waals surface area contributed by atoms with Crippen LogP contribution < -0.4 is 5.32 Å². The monoisotopic (exact) mass is 323 g/mol. The van der Waals surface area contributed by atoms with Gasteiger partial charge in [0.15, 0.2) is 5.78 Å². The second-order valence-electron chi connectivity index (χ2n) is 8.08. The van der Waals surface area contributed by atoms with Crippen LogP contribution in [0, 0.1) is 12.3 Å². The summed E-state index contributed by atoms with van der Waals surface area (Å²) in [5, 5.41) is 8.29. The molecule has 0 spiro atoms. The van der Waals surface area contributed by atoms with E-state index in [1.165, 1.54) is 19.3 Å². The molecule has 2 aliphatic rings. The SMILES string of the molecule is Cc1nn(-c2cccc(NC3CCC3)c2)c2c1C(=O)CC(C)(C)C2. The van der Waals surface area contributed by atoms with Gasteiger partial charge in [-0.3, -0.25) is 4.79 Å². The van der Waals surface area contributed by atoms with Crippen molar-refractivity contribution in [2.24, 2.45) is 5.41 Å². The largest absolute Gasteiger partial charge is 0.382 e. The lowest BCUT2D eigenvalue weighted by Crippen LogP contribution is -2.28. The highest BCUT2D eigenvalue weighted by Gasteiger charge is 2.35. The Labute approximate surface area is 143 Å². The van der Waals surface area contributed by atoms with Gasteiger partial charge in [-0.1, -0.05) is 19.9 Å². The number of hydrogen-bond acceptors (Lipinski definition) is 3. The molecule has 0 atom stereocenters. The van der Waals surface area contributed by atoms with Gasteiger partial charge in [-0.05, 0) is 56.2 Å². The van der Waals surface area contributed by atoms with E-state index in [1.807, 2.05) is 11.6 Å². The van der Waals surface area contributed by atoms with Crippen molar-refractivity contribution in [2.45, 2.75) is 58.9 Å². The Kier molecular flexibility index (Phi) is 3.52. The van der Waals surface area contributed by atoms with Gasteiger partial charge >= 0.3 is 0 Å². The third-order valence-corrected chi connectivity index (χ3v) is 5.29. The number of benzene rings is 1. The first-order chi connectivity index (χ1) is 11.4. The third-order valence-electron chi connectivity index (χ3n) is 5.29. The Morgan fingerprint density at radius 1 is 1.25 bits per heavy atom. The predicted molar refractivity (Wildman–Crippen MR) is 96.0 cm³/mol. The molecule has 126 valence electrons. The highest BCUT2D eigenvalue weighted by atomic mass is 16.1. The Balaban J connectivity index is 1.73. The number of ketones is 1. The number of anilines is 1. The van der Waals surface area contributed by atoms with Crippen molar-refractivity contribution < 1.29 is 4.79 Å². The van der Waals surface area contributed by atoms with Gasteiger partial charge in [0, 0.05) is 18.2 Å². The Morgan fingerprint density at radius 3 is 2.75 bits per heavy atom. The number of aromatic nitrogens is 2. The summed E-state index contributed by atoms with van der Waals surface area (Å²) in [7, 11) is 0. The van der Waals surface area contributed by atoms with Crippen molar-refractivity contribution in [3.63, 3.8) is 0 Å². The Morgan fingerprint density at radius 2 is 2.04 bits per heavy atom. The highest BCUT2D eigenvalue weighted by molar-refractivity contribution is 5.99. The van der Waals surface area contributed by atoms with E-state index in [1.54, 1.807) is 0 Å². The van der Waals surface area contributed by atoms with Crippen LogP contribution in [0.15, 0.2) is 24.3 Å². The molecule has 24 heavy (non-hydrogen) atoms. The minimum Gasteiger partial charge on any atom is -0.382 e. The molecule has 4 nitrogen and oxygen atoms in total. The quantitative estimate of drug-likeness (QED) is 0.916. The van der Waals surface area contributed by atoms with E-state index in [-0.39, 0.29) is 11.2 Å². The number of hydrogen-bond donors (Lipinski definition) is 1. The minimum atomic E-state index is -0.00387. The molecular weight excluding hydrogens is 298 g/mol. The fourth-order valence-corrected chi connectivity index (χ4v) is 3.87. The van der Waals surface area contributed by atoms with Crippen LogP contribution in [-0.4, -0.2) is 21.6 Å². The van der Waals surface area contributed by atoms with Crippen molar-refractivity contribution in [3.05, 3.63) is 41.2 Å². The highest BCUT2D eigenvalue weighted by Crippen LogP contribution is 2.37. The van der Waals surface area contributed by atoms with E-state index >= 15 is 0 Å². The molecule has 1 aromatic carbocycles. The second-order valence-corrected chi connectivity index (χ2v) is 8.08. The molecule has 0 amide bonds. The lowest BCUT2D eigenvalue weighted by molar-refractivity contribution is 0.0910. The van der Waals surface area contributed by atoms with Crippen molar-refractivity contribution in [1.82, 2.24) is 9.78 Å². The molecule has 2 aliphatic carbocycles. The smallest absolute Gasteiger partial charge is 0.167 e. The number of nitrogens with one attached hydrogen (secondary N) is 1. The molecule has 1 N–H and O–H groups in total. The van der Waals surface area contributed by atoms with Gasteiger partial charge in [-0.15, -0.1) is 0 Å². The zero-order chi connectivity index (χ0) is 16.9. The second kappa shape index (κ2) is 5.47. The molecule has 0 unspecified atom stereocenters. The van der Waals surface area contributed by atoms with Crippen LogP contribution in [0.25, 0.3) is 5.69 Å². The van der Waals surface area contributed by atoms with Crippen molar-refractivity contribution in [3.8, 4) is 5.69 Å². The van der Waals surface area contributed by atoms with Gasteiger partial charge in [-0.25, -0.2) is 4.68 Å². The van der Waals surface area contributed by atoms with Crippen LogP contribution in [-0.2, 0) is 6.42 Å². The molecule has 2 aromatic rings. The molecular formula is C20H25N3O. The van der Waals surface area contributed by atoms with Gasteiger partial charge in [0.05, 0.1) is 22.6 Å². The summed E-state index contributed by atoms with van der Waals surface area (Å²) in [4.78, 5) is 12.6. The number of nitrogens with zero attached hydrogens (tertiary/aromatic N) is 2. The van der Waals surface area contributed by atoms with Gasteiger partial charge < -0.3 is 5.32 Å². The summed E-state index contributed by atoms with van der Waals surface area (Å²) < 4.78 is 1.98. The van der Waals surface area contributed by atoms with Crippen LogP contribution in [0.1, 0.15) is 61.3 Å². The number of aryl methyl sites for hydroxylation is 1. The van der Waals surface area contributed by atoms with E-state index in [4.69, 9.17) is 5.10 Å². The van der Waals surface area contributed by atoms with Crippen LogP contribution in [0.5, 0.6) is 0 Å². The zero-order valence-electron chi connectivity index (χ0n) is 14.7. The fourth-order valence-electron chi connectivity index (χ4n) is 3.87. The van der Waals surface area contributed by atoms with Gasteiger partial charge in [0.1, 0.15) is 0 Å². The minimum absolute atomic E-state index is 0.00387. The van der Waals surface area contributed by atoms with Crippen molar-refractivity contribution in [1.29, 1.82) is 0 Å². The van der Waals surface area contributed by atoms with Crippen molar-refractivity contribution in [2.75, 3.05) is 5.32 Å². The Bertz CT molecular complexity index is 799. The number of rotatable bonds is 3.